The zero-order chi connectivity index (χ0) is 9.68. The monoisotopic (exact) mass is 199 g/mol. The van der Waals surface area contributed by atoms with Gasteiger partial charge in [0.1, 0.15) is 0 Å². The van der Waals surface area contributed by atoms with Crippen LogP contribution < -0.4 is 11.3 Å². The minimum Gasteiger partial charge on any atom is -0.271 e. The molecule has 1 aromatic rings. The molecule has 1 atom stereocenters. The largest absolute Gasteiger partial charge is 0.271 e. The van der Waals surface area contributed by atoms with Crippen molar-refractivity contribution in [3.8, 4) is 0 Å². The van der Waals surface area contributed by atoms with Gasteiger partial charge in [-0.05, 0) is 13.3 Å². The minimum absolute atomic E-state index is 0.367. The van der Waals surface area contributed by atoms with E-state index in [1.807, 2.05) is 6.92 Å². The maximum Gasteiger partial charge on any atom is 0.0897 e. The molecule has 0 bridgehead atoms. The Kier molecular flexibility index (Phi) is 4.35. The summed E-state index contributed by atoms with van der Waals surface area (Å²) in [5, 5.41) is 3.23. The summed E-state index contributed by atoms with van der Waals surface area (Å²) in [6.07, 6.45) is 3.19. The molecule has 13 heavy (non-hydrogen) atoms. The highest BCUT2D eigenvalue weighted by Gasteiger charge is 2.08. The van der Waals surface area contributed by atoms with Crippen molar-refractivity contribution in [2.24, 2.45) is 5.84 Å². The van der Waals surface area contributed by atoms with Crippen LogP contribution in [0.5, 0.6) is 0 Å². The number of nitrogens with two attached hydrogens (primary N) is 1. The van der Waals surface area contributed by atoms with Gasteiger partial charge in [0.05, 0.1) is 10.7 Å². The van der Waals surface area contributed by atoms with Crippen molar-refractivity contribution in [2.75, 3.05) is 0 Å². The molecule has 0 amide bonds. The van der Waals surface area contributed by atoms with E-state index in [-0.39, 0.29) is 0 Å². The van der Waals surface area contributed by atoms with Crippen LogP contribution in [0.4, 0.5) is 0 Å². The quantitative estimate of drug-likeness (QED) is 0.560. The third-order valence-corrected chi connectivity index (χ3v) is 2.82. The smallest absolute Gasteiger partial charge is 0.0897 e. The van der Waals surface area contributed by atoms with Crippen LogP contribution in [-0.4, -0.2) is 11.0 Å². The van der Waals surface area contributed by atoms with Crippen molar-refractivity contribution < 1.29 is 0 Å². The van der Waals surface area contributed by atoms with E-state index in [2.05, 4.69) is 22.7 Å². The van der Waals surface area contributed by atoms with Gasteiger partial charge in [-0.15, -0.1) is 11.3 Å². The highest BCUT2D eigenvalue weighted by Crippen LogP contribution is 2.11. The van der Waals surface area contributed by atoms with Crippen molar-refractivity contribution in [3.63, 3.8) is 0 Å². The first-order valence-electron chi connectivity index (χ1n) is 4.63. The van der Waals surface area contributed by atoms with Crippen LogP contribution >= 0.6 is 11.3 Å². The first kappa shape index (κ1) is 10.6. The highest BCUT2D eigenvalue weighted by molar-refractivity contribution is 7.09. The van der Waals surface area contributed by atoms with Crippen LogP contribution in [0.3, 0.4) is 0 Å². The number of nitrogens with one attached hydrogen (secondary N) is 1. The van der Waals surface area contributed by atoms with Gasteiger partial charge in [-0.25, -0.2) is 4.98 Å². The number of hydrogen-bond donors (Lipinski definition) is 2. The maximum absolute atomic E-state index is 5.44. The molecular weight excluding hydrogens is 182 g/mol. The number of hydrazine groups is 1. The second-order valence-corrected chi connectivity index (χ2v) is 4.28. The number of aromatic nitrogens is 1. The Labute approximate surface area is 83.3 Å². The van der Waals surface area contributed by atoms with Crippen LogP contribution in [0, 0.1) is 6.92 Å². The summed E-state index contributed by atoms with van der Waals surface area (Å²) in [5.41, 5.74) is 3.98. The molecule has 4 heteroatoms. The summed E-state index contributed by atoms with van der Waals surface area (Å²) < 4.78 is 0. The summed E-state index contributed by atoms with van der Waals surface area (Å²) in [5.74, 6) is 5.44. The molecule has 74 valence electrons. The van der Waals surface area contributed by atoms with Gasteiger partial charge in [0, 0.05) is 17.8 Å². The molecule has 0 spiro atoms. The van der Waals surface area contributed by atoms with E-state index in [0.29, 0.717) is 6.04 Å². The lowest BCUT2D eigenvalue weighted by Crippen LogP contribution is -2.36. The first-order chi connectivity index (χ1) is 6.26. The predicted octanol–water partition coefficient (Wildman–Crippen LogP) is 1.63. The zero-order valence-electron chi connectivity index (χ0n) is 8.21. The summed E-state index contributed by atoms with van der Waals surface area (Å²) in [6, 6.07) is 0.367. The van der Waals surface area contributed by atoms with Gasteiger partial charge >= 0.3 is 0 Å². The van der Waals surface area contributed by atoms with E-state index < -0.39 is 0 Å². The van der Waals surface area contributed by atoms with E-state index >= 15 is 0 Å². The Morgan fingerprint density at radius 2 is 2.46 bits per heavy atom. The highest BCUT2D eigenvalue weighted by atomic mass is 32.1. The lowest BCUT2D eigenvalue weighted by Gasteiger charge is -2.12. The van der Waals surface area contributed by atoms with E-state index in [9.17, 15) is 0 Å². The fourth-order valence-corrected chi connectivity index (χ4v) is 1.97. The molecule has 0 aliphatic heterocycles. The second kappa shape index (κ2) is 5.32. The van der Waals surface area contributed by atoms with Crippen molar-refractivity contribution >= 4 is 11.3 Å². The van der Waals surface area contributed by atoms with Gasteiger partial charge in [-0.1, -0.05) is 13.3 Å². The lowest BCUT2D eigenvalue weighted by molar-refractivity contribution is 0.482. The molecule has 1 aromatic heterocycles. The molecule has 0 radical (unpaired) electrons. The Bertz CT molecular complexity index is 247. The number of hydrogen-bond acceptors (Lipinski definition) is 4. The molecule has 0 saturated heterocycles. The van der Waals surface area contributed by atoms with Crippen molar-refractivity contribution in [1.29, 1.82) is 0 Å². The van der Waals surface area contributed by atoms with E-state index in [4.69, 9.17) is 5.84 Å². The SMILES string of the molecule is CCCC(Cc1csc(C)n1)NN. The van der Waals surface area contributed by atoms with Crippen LogP contribution in [-0.2, 0) is 6.42 Å². The van der Waals surface area contributed by atoms with Gasteiger partial charge in [-0.2, -0.15) is 0 Å². The normalized spacial score (nSPS) is 13.2. The average Bonchev–Trinajstić information content (AvgIpc) is 2.50. The predicted molar refractivity (Wildman–Crippen MR) is 56.6 cm³/mol. The summed E-state index contributed by atoms with van der Waals surface area (Å²) >= 11 is 1.70. The molecule has 0 aliphatic carbocycles. The van der Waals surface area contributed by atoms with Gasteiger partial charge < -0.3 is 0 Å². The third-order valence-electron chi connectivity index (χ3n) is 1.99. The van der Waals surface area contributed by atoms with Crippen LogP contribution in [0.1, 0.15) is 30.5 Å². The molecule has 3 nitrogen and oxygen atoms in total. The topological polar surface area (TPSA) is 50.9 Å². The number of thiazole rings is 1. The average molecular weight is 199 g/mol. The molecule has 1 unspecified atom stereocenters. The standard InChI is InChI=1S/C9H17N3S/c1-3-4-8(12-10)5-9-6-13-7(2)11-9/h6,8,12H,3-5,10H2,1-2H3. The van der Waals surface area contributed by atoms with Crippen molar-refractivity contribution in [2.45, 2.75) is 39.2 Å². The second-order valence-electron chi connectivity index (χ2n) is 3.21. The Hall–Kier alpha value is -0.450. The molecule has 1 heterocycles. The van der Waals surface area contributed by atoms with Crippen molar-refractivity contribution in [1.82, 2.24) is 10.4 Å². The molecule has 0 aromatic carbocycles. The Balaban J connectivity index is 2.46. The van der Waals surface area contributed by atoms with Crippen molar-refractivity contribution in [3.05, 3.63) is 16.1 Å². The number of rotatable bonds is 5. The van der Waals surface area contributed by atoms with Gasteiger partial charge in [0.25, 0.3) is 0 Å². The Morgan fingerprint density at radius 1 is 1.69 bits per heavy atom. The molecule has 1 rings (SSSR count). The van der Waals surface area contributed by atoms with Crippen LogP contribution in [0.2, 0.25) is 0 Å². The van der Waals surface area contributed by atoms with E-state index in [0.717, 1.165) is 30.0 Å². The van der Waals surface area contributed by atoms with Gasteiger partial charge in [0.15, 0.2) is 0 Å². The molecular formula is C9H17N3S. The third kappa shape index (κ3) is 3.42. The fraction of sp³-hybridized carbons (Fsp3) is 0.667. The molecule has 0 aliphatic rings. The molecule has 0 saturated carbocycles. The van der Waals surface area contributed by atoms with E-state index in [1.54, 1.807) is 11.3 Å². The first-order valence-corrected chi connectivity index (χ1v) is 5.51. The molecule has 0 fully saturated rings. The maximum atomic E-state index is 5.44. The zero-order valence-corrected chi connectivity index (χ0v) is 9.03. The summed E-state index contributed by atoms with van der Waals surface area (Å²) in [4.78, 5) is 4.40. The lowest BCUT2D eigenvalue weighted by atomic mass is 10.1. The molecule has 3 N–H and O–H groups in total. The summed E-state index contributed by atoms with van der Waals surface area (Å²) in [7, 11) is 0. The van der Waals surface area contributed by atoms with E-state index in [1.165, 1.54) is 0 Å². The fourth-order valence-electron chi connectivity index (χ4n) is 1.35. The van der Waals surface area contributed by atoms with Crippen LogP contribution in [0.25, 0.3) is 0 Å². The van der Waals surface area contributed by atoms with Crippen LogP contribution in [0.15, 0.2) is 5.38 Å². The minimum atomic E-state index is 0.367. The van der Waals surface area contributed by atoms with Gasteiger partial charge in [0.2, 0.25) is 0 Å². The number of nitrogens with zero attached hydrogens (tertiary/aromatic N) is 1. The number of aryl methyl sites for hydroxylation is 1. The Morgan fingerprint density at radius 3 is 2.92 bits per heavy atom. The summed E-state index contributed by atoms with van der Waals surface area (Å²) in [6.45, 7) is 4.19. The van der Waals surface area contributed by atoms with Gasteiger partial charge in [-0.3, -0.25) is 11.3 Å².